The predicted octanol–water partition coefficient (Wildman–Crippen LogP) is 1.83. The highest BCUT2D eigenvalue weighted by molar-refractivity contribution is 5.78. The van der Waals surface area contributed by atoms with Gasteiger partial charge in [-0.25, -0.2) is 0 Å². The Morgan fingerprint density at radius 3 is 2.79 bits per heavy atom. The van der Waals surface area contributed by atoms with Gasteiger partial charge in [-0.3, -0.25) is 4.99 Å². The number of nitrogens with zero attached hydrogens (tertiary/aromatic N) is 2. The molecule has 104 valence electrons. The van der Waals surface area contributed by atoms with Crippen molar-refractivity contribution in [2.75, 3.05) is 19.6 Å². The molecule has 1 saturated heterocycles. The summed E-state index contributed by atoms with van der Waals surface area (Å²) in [4.78, 5) is 6.43. The number of aliphatic imine (C=N–C) groups is 1. The van der Waals surface area contributed by atoms with E-state index in [4.69, 9.17) is 5.73 Å². The maximum atomic E-state index is 10.1. The number of nitrogens with two attached hydrogens (primary N) is 1. The first-order chi connectivity index (χ1) is 9.16. The lowest BCUT2D eigenvalue weighted by Gasteiger charge is -2.27. The summed E-state index contributed by atoms with van der Waals surface area (Å²) < 4.78 is 0. The topological polar surface area (TPSA) is 61.9 Å². The number of aryl methyl sites for hydroxylation is 1. The van der Waals surface area contributed by atoms with Gasteiger partial charge < -0.3 is 15.7 Å². The Morgan fingerprint density at radius 1 is 1.37 bits per heavy atom. The molecule has 1 aromatic carbocycles. The lowest BCUT2D eigenvalue weighted by atomic mass is 10.1. The molecule has 1 aliphatic heterocycles. The standard InChI is InChI=1S/C15H23N3O/c1-12-6-5-7-13(10-12)14(19)11-17-15(16)18-8-3-2-4-9-18/h5-7,10,14,19H,2-4,8-9,11H2,1H3,(H2,16,17). The minimum atomic E-state index is -0.580. The van der Waals surface area contributed by atoms with Gasteiger partial charge in [0, 0.05) is 13.1 Å². The van der Waals surface area contributed by atoms with Gasteiger partial charge in [0.1, 0.15) is 0 Å². The third-order valence-corrected chi connectivity index (χ3v) is 3.53. The van der Waals surface area contributed by atoms with Crippen LogP contribution in [0.1, 0.15) is 36.5 Å². The first-order valence-corrected chi connectivity index (χ1v) is 6.96. The number of guanidine groups is 1. The number of aliphatic hydroxyl groups is 1. The van der Waals surface area contributed by atoms with Crippen LogP contribution in [0.2, 0.25) is 0 Å². The zero-order valence-electron chi connectivity index (χ0n) is 11.5. The normalized spacial score (nSPS) is 18.4. The van der Waals surface area contributed by atoms with Crippen LogP contribution in [0.25, 0.3) is 0 Å². The molecule has 1 aromatic rings. The Morgan fingerprint density at radius 2 is 2.11 bits per heavy atom. The molecular formula is C15H23N3O. The highest BCUT2D eigenvalue weighted by Crippen LogP contribution is 2.15. The van der Waals surface area contributed by atoms with Crippen LogP contribution in [0.3, 0.4) is 0 Å². The molecule has 1 atom stereocenters. The Labute approximate surface area is 114 Å². The quantitative estimate of drug-likeness (QED) is 0.644. The number of rotatable bonds is 3. The summed E-state index contributed by atoms with van der Waals surface area (Å²) in [6, 6.07) is 7.87. The molecule has 2 rings (SSSR count). The minimum Gasteiger partial charge on any atom is -0.386 e. The smallest absolute Gasteiger partial charge is 0.191 e. The average Bonchev–Trinajstić information content (AvgIpc) is 2.45. The van der Waals surface area contributed by atoms with Gasteiger partial charge in [-0.1, -0.05) is 29.8 Å². The first-order valence-electron chi connectivity index (χ1n) is 6.96. The van der Waals surface area contributed by atoms with Gasteiger partial charge in [0.15, 0.2) is 5.96 Å². The minimum absolute atomic E-state index is 0.325. The van der Waals surface area contributed by atoms with Gasteiger partial charge in [0.2, 0.25) is 0 Å². The van der Waals surface area contributed by atoms with E-state index in [0.29, 0.717) is 12.5 Å². The molecular weight excluding hydrogens is 238 g/mol. The second-order valence-electron chi connectivity index (χ2n) is 5.18. The number of hydrogen-bond acceptors (Lipinski definition) is 2. The zero-order valence-corrected chi connectivity index (χ0v) is 11.5. The van der Waals surface area contributed by atoms with Gasteiger partial charge >= 0.3 is 0 Å². The summed E-state index contributed by atoms with van der Waals surface area (Å²) in [5.74, 6) is 0.561. The Bertz CT molecular complexity index is 439. The fourth-order valence-electron chi connectivity index (χ4n) is 2.39. The van der Waals surface area contributed by atoms with Crippen molar-refractivity contribution in [2.45, 2.75) is 32.3 Å². The second kappa shape index (κ2) is 6.57. The number of likely N-dealkylation sites (tertiary alicyclic amines) is 1. The van der Waals surface area contributed by atoms with Crippen molar-refractivity contribution in [2.24, 2.45) is 10.7 Å². The lowest BCUT2D eigenvalue weighted by molar-refractivity contribution is 0.186. The molecule has 4 heteroatoms. The van der Waals surface area contributed by atoms with E-state index in [2.05, 4.69) is 9.89 Å². The maximum absolute atomic E-state index is 10.1. The molecule has 0 spiro atoms. The van der Waals surface area contributed by atoms with Gasteiger partial charge in [-0.15, -0.1) is 0 Å². The van der Waals surface area contributed by atoms with Crippen molar-refractivity contribution in [3.05, 3.63) is 35.4 Å². The Hall–Kier alpha value is -1.55. The van der Waals surface area contributed by atoms with Crippen molar-refractivity contribution in [1.29, 1.82) is 0 Å². The van der Waals surface area contributed by atoms with Gasteiger partial charge in [-0.2, -0.15) is 0 Å². The van der Waals surface area contributed by atoms with Gasteiger partial charge in [-0.05, 0) is 31.7 Å². The highest BCUT2D eigenvalue weighted by Gasteiger charge is 2.13. The van der Waals surface area contributed by atoms with Crippen LogP contribution in [0.5, 0.6) is 0 Å². The molecule has 0 aliphatic carbocycles. The molecule has 3 N–H and O–H groups in total. The molecule has 0 aromatic heterocycles. The third-order valence-electron chi connectivity index (χ3n) is 3.53. The molecule has 0 saturated carbocycles. The summed E-state index contributed by atoms with van der Waals surface area (Å²) in [5.41, 5.74) is 8.01. The molecule has 1 aliphatic rings. The molecule has 0 amide bonds. The average molecular weight is 261 g/mol. The highest BCUT2D eigenvalue weighted by atomic mass is 16.3. The summed E-state index contributed by atoms with van der Waals surface area (Å²) in [6.07, 6.45) is 3.05. The lowest BCUT2D eigenvalue weighted by Crippen LogP contribution is -2.41. The van der Waals surface area contributed by atoms with E-state index in [9.17, 15) is 5.11 Å². The van der Waals surface area contributed by atoms with E-state index in [1.165, 1.54) is 19.3 Å². The summed E-state index contributed by atoms with van der Waals surface area (Å²) in [6.45, 7) is 4.30. The molecule has 0 radical (unpaired) electrons. The summed E-state index contributed by atoms with van der Waals surface area (Å²) in [5, 5.41) is 10.1. The van der Waals surface area contributed by atoms with E-state index >= 15 is 0 Å². The molecule has 1 heterocycles. The number of piperidine rings is 1. The van der Waals surface area contributed by atoms with Crippen molar-refractivity contribution >= 4 is 5.96 Å². The van der Waals surface area contributed by atoms with Crippen LogP contribution < -0.4 is 5.73 Å². The van der Waals surface area contributed by atoms with Crippen LogP contribution in [-0.2, 0) is 0 Å². The van der Waals surface area contributed by atoms with E-state index in [1.54, 1.807) is 0 Å². The van der Waals surface area contributed by atoms with Crippen LogP contribution >= 0.6 is 0 Å². The van der Waals surface area contributed by atoms with E-state index < -0.39 is 6.10 Å². The van der Waals surface area contributed by atoms with Gasteiger partial charge in [0.05, 0.1) is 12.6 Å². The molecule has 4 nitrogen and oxygen atoms in total. The zero-order chi connectivity index (χ0) is 13.7. The second-order valence-corrected chi connectivity index (χ2v) is 5.18. The van der Waals surface area contributed by atoms with Crippen molar-refractivity contribution in [3.63, 3.8) is 0 Å². The Kier molecular flexibility index (Phi) is 4.80. The summed E-state index contributed by atoms with van der Waals surface area (Å²) in [7, 11) is 0. The monoisotopic (exact) mass is 261 g/mol. The van der Waals surface area contributed by atoms with Crippen molar-refractivity contribution in [1.82, 2.24) is 4.90 Å². The third kappa shape index (κ3) is 3.96. The van der Waals surface area contributed by atoms with E-state index in [-0.39, 0.29) is 0 Å². The number of aliphatic hydroxyl groups excluding tert-OH is 1. The largest absolute Gasteiger partial charge is 0.386 e. The van der Waals surface area contributed by atoms with E-state index in [0.717, 1.165) is 24.2 Å². The van der Waals surface area contributed by atoms with Crippen molar-refractivity contribution < 1.29 is 5.11 Å². The fourth-order valence-corrected chi connectivity index (χ4v) is 2.39. The maximum Gasteiger partial charge on any atom is 0.191 e. The van der Waals surface area contributed by atoms with Crippen LogP contribution in [0, 0.1) is 6.92 Å². The predicted molar refractivity (Wildman–Crippen MR) is 78.1 cm³/mol. The van der Waals surface area contributed by atoms with Crippen molar-refractivity contribution in [3.8, 4) is 0 Å². The van der Waals surface area contributed by atoms with Crippen LogP contribution in [0.15, 0.2) is 29.3 Å². The molecule has 1 unspecified atom stereocenters. The molecule has 0 bridgehead atoms. The first kappa shape index (κ1) is 13.9. The Balaban J connectivity index is 1.93. The molecule has 19 heavy (non-hydrogen) atoms. The number of benzene rings is 1. The van der Waals surface area contributed by atoms with Gasteiger partial charge in [0.25, 0.3) is 0 Å². The van der Waals surface area contributed by atoms with E-state index in [1.807, 2.05) is 31.2 Å². The van der Waals surface area contributed by atoms with Crippen LogP contribution in [-0.4, -0.2) is 35.6 Å². The summed E-state index contributed by atoms with van der Waals surface area (Å²) >= 11 is 0. The number of hydrogen-bond donors (Lipinski definition) is 2. The van der Waals surface area contributed by atoms with Crippen LogP contribution in [0.4, 0.5) is 0 Å². The molecule has 1 fully saturated rings. The fraction of sp³-hybridized carbons (Fsp3) is 0.533. The SMILES string of the molecule is Cc1cccc(C(O)CN=C(N)N2CCCCC2)c1.